The van der Waals surface area contributed by atoms with E-state index < -0.39 is 0 Å². The SMILES string of the molecule is CCc1cc[n+](C)c(-c2c(C)ccc3c2oc2c3ccc3ccc4c(c32)C(C)(C)CCC4(C)C)c1. The van der Waals surface area contributed by atoms with Crippen LogP contribution in [0.3, 0.4) is 0 Å². The molecule has 0 aliphatic heterocycles. The maximum atomic E-state index is 6.97. The molecular weight excluding hydrogens is 426 g/mol. The van der Waals surface area contributed by atoms with Crippen LogP contribution < -0.4 is 4.57 Å². The molecule has 0 fully saturated rings. The van der Waals surface area contributed by atoms with Gasteiger partial charge in [0.05, 0.1) is 5.56 Å². The first kappa shape index (κ1) is 22.3. The molecule has 0 N–H and O–H groups in total. The molecule has 0 unspecified atom stereocenters. The van der Waals surface area contributed by atoms with E-state index in [-0.39, 0.29) is 10.8 Å². The summed E-state index contributed by atoms with van der Waals surface area (Å²) in [6, 6.07) is 18.3. The summed E-state index contributed by atoms with van der Waals surface area (Å²) in [5.41, 5.74) is 10.3. The number of furan rings is 1. The van der Waals surface area contributed by atoms with Gasteiger partial charge in [0.15, 0.2) is 6.20 Å². The lowest BCUT2D eigenvalue weighted by molar-refractivity contribution is -0.660. The fourth-order valence-corrected chi connectivity index (χ4v) is 6.36. The topological polar surface area (TPSA) is 17.0 Å². The summed E-state index contributed by atoms with van der Waals surface area (Å²) in [7, 11) is 2.13. The summed E-state index contributed by atoms with van der Waals surface area (Å²) in [4.78, 5) is 0. The zero-order valence-electron chi connectivity index (χ0n) is 22.2. The van der Waals surface area contributed by atoms with Gasteiger partial charge in [0.25, 0.3) is 0 Å². The van der Waals surface area contributed by atoms with E-state index in [1.165, 1.54) is 67.9 Å². The number of hydrogen-bond acceptors (Lipinski definition) is 1. The highest BCUT2D eigenvalue weighted by Gasteiger charge is 2.39. The van der Waals surface area contributed by atoms with Crippen molar-refractivity contribution in [3.8, 4) is 11.3 Å². The van der Waals surface area contributed by atoms with E-state index in [2.05, 4.69) is 108 Å². The number of fused-ring (bicyclic) bond motifs is 7. The second kappa shape index (κ2) is 7.43. The Balaban J connectivity index is 1.77. The van der Waals surface area contributed by atoms with Crippen LogP contribution in [0.15, 0.2) is 59.1 Å². The molecule has 178 valence electrons. The van der Waals surface area contributed by atoms with Crippen LogP contribution in [0.2, 0.25) is 0 Å². The number of aromatic nitrogens is 1. The maximum Gasteiger partial charge on any atom is 0.216 e. The third kappa shape index (κ3) is 3.19. The Morgan fingerprint density at radius 1 is 0.857 bits per heavy atom. The average Bonchev–Trinajstić information content (AvgIpc) is 3.21. The summed E-state index contributed by atoms with van der Waals surface area (Å²) in [6.45, 7) is 14.0. The molecule has 2 heteroatoms. The van der Waals surface area contributed by atoms with Crippen molar-refractivity contribution < 1.29 is 8.98 Å². The molecule has 0 saturated heterocycles. The van der Waals surface area contributed by atoms with Gasteiger partial charge in [0, 0.05) is 28.3 Å². The molecule has 5 aromatic rings. The van der Waals surface area contributed by atoms with E-state index in [0.29, 0.717) is 0 Å². The number of nitrogens with zero attached hydrogens (tertiary/aromatic N) is 1. The predicted octanol–water partition coefficient (Wildman–Crippen LogP) is 8.45. The molecule has 1 aliphatic rings. The van der Waals surface area contributed by atoms with E-state index in [0.717, 1.165) is 17.6 Å². The second-order valence-electron chi connectivity index (χ2n) is 11.9. The summed E-state index contributed by atoms with van der Waals surface area (Å²) in [6.07, 6.45) is 5.59. The number of aryl methyl sites for hydroxylation is 3. The first-order valence-corrected chi connectivity index (χ1v) is 13.0. The third-order valence-corrected chi connectivity index (χ3v) is 8.66. The van der Waals surface area contributed by atoms with Crippen LogP contribution in [-0.4, -0.2) is 0 Å². The Bertz CT molecular complexity index is 1650. The van der Waals surface area contributed by atoms with E-state index in [1.807, 2.05) is 0 Å². The van der Waals surface area contributed by atoms with Gasteiger partial charge >= 0.3 is 0 Å². The van der Waals surface area contributed by atoms with Crippen LogP contribution in [0.4, 0.5) is 0 Å². The summed E-state index contributed by atoms with van der Waals surface area (Å²) in [5, 5.41) is 5.01. The fraction of sp³-hybridized carbons (Fsp3) is 0.364. The molecule has 35 heavy (non-hydrogen) atoms. The van der Waals surface area contributed by atoms with Gasteiger partial charge in [-0.2, -0.15) is 0 Å². The second-order valence-corrected chi connectivity index (χ2v) is 11.9. The van der Waals surface area contributed by atoms with Crippen molar-refractivity contribution >= 4 is 32.7 Å². The summed E-state index contributed by atoms with van der Waals surface area (Å²) >= 11 is 0. The number of benzene rings is 3. The molecule has 0 bridgehead atoms. The molecule has 1 aliphatic carbocycles. The minimum absolute atomic E-state index is 0.109. The van der Waals surface area contributed by atoms with E-state index in [4.69, 9.17) is 4.42 Å². The van der Waals surface area contributed by atoms with Crippen LogP contribution in [0.5, 0.6) is 0 Å². The van der Waals surface area contributed by atoms with Crippen molar-refractivity contribution in [3.63, 3.8) is 0 Å². The predicted molar refractivity (Wildman–Crippen MR) is 147 cm³/mol. The van der Waals surface area contributed by atoms with Gasteiger partial charge in [0.1, 0.15) is 18.2 Å². The molecule has 0 saturated carbocycles. The van der Waals surface area contributed by atoms with Crippen molar-refractivity contribution in [2.75, 3.05) is 0 Å². The van der Waals surface area contributed by atoms with Gasteiger partial charge in [-0.15, -0.1) is 0 Å². The smallest absolute Gasteiger partial charge is 0.216 e. The minimum Gasteiger partial charge on any atom is -0.454 e. The Hall–Kier alpha value is -3.13. The molecule has 3 aromatic carbocycles. The molecule has 2 nitrogen and oxygen atoms in total. The van der Waals surface area contributed by atoms with Crippen LogP contribution in [0.1, 0.15) is 69.7 Å². The lowest BCUT2D eigenvalue weighted by Crippen LogP contribution is -2.34. The van der Waals surface area contributed by atoms with Crippen molar-refractivity contribution in [2.45, 2.75) is 71.6 Å². The zero-order chi connectivity index (χ0) is 24.7. The van der Waals surface area contributed by atoms with Crippen LogP contribution in [0, 0.1) is 6.92 Å². The summed E-state index contributed by atoms with van der Waals surface area (Å²) < 4.78 is 9.20. The number of pyridine rings is 1. The molecule has 0 amide bonds. The first-order valence-electron chi connectivity index (χ1n) is 13.0. The highest BCUT2D eigenvalue weighted by atomic mass is 16.3. The van der Waals surface area contributed by atoms with Gasteiger partial charge in [-0.05, 0) is 70.7 Å². The highest BCUT2D eigenvalue weighted by Crippen LogP contribution is 2.51. The number of hydrogen-bond donors (Lipinski definition) is 0. The van der Waals surface area contributed by atoms with Crippen LogP contribution in [0.25, 0.3) is 44.0 Å². The zero-order valence-corrected chi connectivity index (χ0v) is 22.2. The monoisotopic (exact) mass is 462 g/mol. The standard InChI is InChI=1S/C33H36NO/c1-8-21-15-18-34(7)26(19-21)27-20(2)9-12-23-24-13-10-22-11-14-25-29(28(22)31(24)35-30(23)27)33(5,6)17-16-32(25,3)4/h9-15,18-19H,8,16-17H2,1-7H3/q+1. The maximum absolute atomic E-state index is 6.97. The minimum atomic E-state index is 0.109. The number of rotatable bonds is 2. The van der Waals surface area contributed by atoms with Crippen molar-refractivity contribution in [2.24, 2.45) is 7.05 Å². The molecule has 0 atom stereocenters. The molecule has 2 aromatic heterocycles. The van der Waals surface area contributed by atoms with Crippen molar-refractivity contribution in [3.05, 3.63) is 77.0 Å². The average molecular weight is 463 g/mol. The molecule has 0 radical (unpaired) electrons. The van der Waals surface area contributed by atoms with Gasteiger partial charge in [-0.1, -0.05) is 65.0 Å². The van der Waals surface area contributed by atoms with Crippen molar-refractivity contribution in [1.29, 1.82) is 0 Å². The Labute approximate surface area is 208 Å². The van der Waals surface area contributed by atoms with Gasteiger partial charge in [0.2, 0.25) is 5.69 Å². The van der Waals surface area contributed by atoms with E-state index in [9.17, 15) is 0 Å². The Kier molecular flexibility index (Phi) is 4.75. The van der Waals surface area contributed by atoms with E-state index >= 15 is 0 Å². The lowest BCUT2D eigenvalue weighted by atomic mass is 9.62. The normalized spacial score (nSPS) is 16.8. The van der Waals surface area contributed by atoms with Crippen LogP contribution in [-0.2, 0) is 24.3 Å². The highest BCUT2D eigenvalue weighted by molar-refractivity contribution is 6.18. The van der Waals surface area contributed by atoms with E-state index in [1.54, 1.807) is 0 Å². The molecule has 6 rings (SSSR count). The molecule has 0 spiro atoms. The summed E-state index contributed by atoms with van der Waals surface area (Å²) in [5.74, 6) is 0. The lowest BCUT2D eigenvalue weighted by Gasteiger charge is -2.42. The fourth-order valence-electron chi connectivity index (χ4n) is 6.36. The third-order valence-electron chi connectivity index (χ3n) is 8.66. The molecule has 2 heterocycles. The first-order chi connectivity index (χ1) is 16.6. The van der Waals surface area contributed by atoms with Crippen LogP contribution >= 0.6 is 0 Å². The molecular formula is C33H36NO+. The van der Waals surface area contributed by atoms with Gasteiger partial charge in [-0.25, -0.2) is 4.57 Å². The van der Waals surface area contributed by atoms with Gasteiger partial charge < -0.3 is 4.42 Å². The quantitative estimate of drug-likeness (QED) is 0.241. The van der Waals surface area contributed by atoms with Crippen molar-refractivity contribution in [1.82, 2.24) is 0 Å². The largest absolute Gasteiger partial charge is 0.454 e. The Morgan fingerprint density at radius 3 is 2.31 bits per heavy atom. The Morgan fingerprint density at radius 2 is 1.54 bits per heavy atom. The van der Waals surface area contributed by atoms with Gasteiger partial charge in [-0.3, -0.25) is 0 Å².